The van der Waals surface area contributed by atoms with Crippen molar-refractivity contribution in [3.63, 3.8) is 0 Å². The lowest BCUT2D eigenvalue weighted by atomic mass is 10.2. The Morgan fingerprint density at radius 3 is 2.79 bits per heavy atom. The Kier molecular flexibility index (Phi) is 3.67. The Hall–Kier alpha value is -1.33. The molecule has 0 aliphatic rings. The van der Waals surface area contributed by atoms with Crippen LogP contribution in [0.15, 0.2) is 18.2 Å². The maximum atomic E-state index is 12.7. The van der Waals surface area contributed by atoms with Gasteiger partial charge in [0.1, 0.15) is 11.6 Å². The van der Waals surface area contributed by atoms with Crippen LogP contribution in [0.5, 0.6) is 5.75 Å². The average Bonchev–Trinajstić information content (AvgIpc) is 2.19. The predicted octanol–water partition coefficient (Wildman–Crippen LogP) is 0.296. The van der Waals surface area contributed by atoms with Crippen molar-refractivity contribution >= 4 is 5.69 Å². The van der Waals surface area contributed by atoms with E-state index in [0.717, 1.165) is 12.1 Å². The molecule has 1 aromatic rings. The van der Waals surface area contributed by atoms with Crippen molar-refractivity contribution in [3.8, 4) is 5.75 Å². The monoisotopic (exact) mass is 201 g/mol. The van der Waals surface area contributed by atoms with Crippen LogP contribution < -0.4 is 5.32 Å². The van der Waals surface area contributed by atoms with Gasteiger partial charge >= 0.3 is 0 Å². The van der Waals surface area contributed by atoms with E-state index in [1.54, 1.807) is 0 Å². The second-order valence-corrected chi connectivity index (χ2v) is 2.88. The van der Waals surface area contributed by atoms with Crippen molar-refractivity contribution in [1.29, 1.82) is 0 Å². The van der Waals surface area contributed by atoms with E-state index in [4.69, 9.17) is 10.2 Å². The quantitative estimate of drug-likeness (QED) is 0.528. The van der Waals surface area contributed by atoms with Gasteiger partial charge in [-0.3, -0.25) is 0 Å². The largest absolute Gasteiger partial charge is 0.506 e. The first-order valence-corrected chi connectivity index (χ1v) is 4.15. The van der Waals surface area contributed by atoms with Gasteiger partial charge in [0, 0.05) is 12.6 Å². The van der Waals surface area contributed by atoms with Crippen LogP contribution in [0.2, 0.25) is 0 Å². The molecule has 0 aromatic heterocycles. The van der Waals surface area contributed by atoms with Crippen LogP contribution in [0.1, 0.15) is 0 Å². The Morgan fingerprint density at radius 1 is 1.43 bits per heavy atom. The van der Waals surface area contributed by atoms with Crippen molar-refractivity contribution in [1.82, 2.24) is 0 Å². The van der Waals surface area contributed by atoms with Gasteiger partial charge in [-0.1, -0.05) is 0 Å². The van der Waals surface area contributed by atoms with Gasteiger partial charge in [-0.05, 0) is 12.1 Å². The van der Waals surface area contributed by atoms with Gasteiger partial charge in [0.2, 0.25) is 0 Å². The molecule has 0 heterocycles. The number of hydrogen-bond acceptors (Lipinski definition) is 4. The van der Waals surface area contributed by atoms with Crippen molar-refractivity contribution < 1.29 is 19.7 Å². The number of phenolic OH excluding ortho intramolecular Hbond substituents is 1. The first-order chi connectivity index (χ1) is 6.63. The number of aliphatic hydroxyl groups is 2. The van der Waals surface area contributed by atoms with Crippen molar-refractivity contribution in [2.75, 3.05) is 18.5 Å². The number of benzene rings is 1. The SMILES string of the molecule is OCC(O)CNc1cc(F)ccc1O. The van der Waals surface area contributed by atoms with Gasteiger partial charge in [-0.2, -0.15) is 0 Å². The average molecular weight is 201 g/mol. The maximum absolute atomic E-state index is 12.7. The number of phenols is 1. The number of aliphatic hydroxyl groups excluding tert-OH is 2. The summed E-state index contributed by atoms with van der Waals surface area (Å²) in [7, 11) is 0. The molecule has 1 atom stereocenters. The van der Waals surface area contributed by atoms with Gasteiger partial charge in [-0.15, -0.1) is 0 Å². The van der Waals surface area contributed by atoms with E-state index >= 15 is 0 Å². The third-order valence-electron chi connectivity index (χ3n) is 1.70. The molecule has 0 aliphatic heterocycles. The van der Waals surface area contributed by atoms with E-state index in [9.17, 15) is 9.50 Å². The summed E-state index contributed by atoms with van der Waals surface area (Å²) in [6.45, 7) is -0.337. The molecule has 4 N–H and O–H groups in total. The van der Waals surface area contributed by atoms with Crippen LogP contribution in [0.3, 0.4) is 0 Å². The molecular formula is C9H12FNO3. The van der Waals surface area contributed by atoms with Crippen molar-refractivity contribution in [2.24, 2.45) is 0 Å². The summed E-state index contributed by atoms with van der Waals surface area (Å²) < 4.78 is 12.7. The summed E-state index contributed by atoms with van der Waals surface area (Å²) in [6, 6.07) is 3.45. The van der Waals surface area contributed by atoms with Gasteiger partial charge in [0.05, 0.1) is 18.4 Å². The lowest BCUT2D eigenvalue weighted by Gasteiger charge is -2.11. The molecule has 4 nitrogen and oxygen atoms in total. The zero-order valence-electron chi connectivity index (χ0n) is 7.44. The first-order valence-electron chi connectivity index (χ1n) is 4.15. The minimum Gasteiger partial charge on any atom is -0.506 e. The number of rotatable bonds is 4. The summed E-state index contributed by atoms with van der Waals surface area (Å²) in [4.78, 5) is 0. The molecule has 1 aromatic carbocycles. The highest BCUT2D eigenvalue weighted by molar-refractivity contribution is 5.55. The normalized spacial score (nSPS) is 12.5. The van der Waals surface area contributed by atoms with Crippen LogP contribution in [0, 0.1) is 5.82 Å². The van der Waals surface area contributed by atoms with E-state index in [1.807, 2.05) is 0 Å². The number of aromatic hydroxyl groups is 1. The van der Waals surface area contributed by atoms with Gasteiger partial charge < -0.3 is 20.6 Å². The number of halogens is 1. The molecule has 78 valence electrons. The number of hydrogen-bond donors (Lipinski definition) is 4. The van der Waals surface area contributed by atoms with Crippen LogP contribution in [-0.2, 0) is 0 Å². The smallest absolute Gasteiger partial charge is 0.138 e. The molecule has 1 unspecified atom stereocenters. The molecule has 0 aliphatic carbocycles. The van der Waals surface area contributed by atoms with Crippen LogP contribution in [0.4, 0.5) is 10.1 Å². The van der Waals surface area contributed by atoms with E-state index in [-0.39, 0.29) is 24.6 Å². The van der Waals surface area contributed by atoms with Crippen molar-refractivity contribution in [2.45, 2.75) is 6.10 Å². The molecule has 1 rings (SSSR count). The van der Waals surface area contributed by atoms with E-state index in [0.29, 0.717) is 0 Å². The fourth-order valence-corrected chi connectivity index (χ4v) is 0.942. The summed E-state index contributed by atoms with van der Waals surface area (Å²) in [5, 5.41) is 29.4. The summed E-state index contributed by atoms with van der Waals surface area (Å²) in [5.41, 5.74) is 0.192. The zero-order valence-corrected chi connectivity index (χ0v) is 7.44. The van der Waals surface area contributed by atoms with Crippen LogP contribution >= 0.6 is 0 Å². The highest BCUT2D eigenvalue weighted by atomic mass is 19.1. The summed E-state index contributed by atoms with van der Waals surface area (Å²) >= 11 is 0. The number of anilines is 1. The minimum absolute atomic E-state index is 0.0491. The Morgan fingerprint density at radius 2 is 2.14 bits per heavy atom. The third kappa shape index (κ3) is 2.86. The van der Waals surface area contributed by atoms with Crippen LogP contribution in [-0.4, -0.2) is 34.6 Å². The predicted molar refractivity (Wildman–Crippen MR) is 49.6 cm³/mol. The van der Waals surface area contributed by atoms with Gasteiger partial charge in [-0.25, -0.2) is 4.39 Å². The molecule has 14 heavy (non-hydrogen) atoms. The fourth-order valence-electron chi connectivity index (χ4n) is 0.942. The van der Waals surface area contributed by atoms with Gasteiger partial charge in [0.15, 0.2) is 0 Å². The summed E-state index contributed by atoms with van der Waals surface area (Å²) in [6.07, 6.45) is -0.933. The third-order valence-corrected chi connectivity index (χ3v) is 1.70. The zero-order chi connectivity index (χ0) is 10.6. The van der Waals surface area contributed by atoms with E-state index < -0.39 is 11.9 Å². The van der Waals surface area contributed by atoms with E-state index in [2.05, 4.69) is 5.32 Å². The van der Waals surface area contributed by atoms with Crippen LogP contribution in [0.25, 0.3) is 0 Å². The Balaban J connectivity index is 2.62. The lowest BCUT2D eigenvalue weighted by molar-refractivity contribution is 0.105. The standard InChI is InChI=1S/C9H12FNO3/c10-6-1-2-9(14)8(3-6)11-4-7(13)5-12/h1-3,7,11-14H,4-5H2. The highest BCUT2D eigenvalue weighted by Crippen LogP contribution is 2.23. The van der Waals surface area contributed by atoms with E-state index in [1.165, 1.54) is 6.07 Å². The minimum atomic E-state index is -0.933. The first kappa shape index (κ1) is 10.7. The molecule has 0 saturated heterocycles. The molecular weight excluding hydrogens is 189 g/mol. The molecule has 0 spiro atoms. The summed E-state index contributed by atoms with van der Waals surface area (Å²) in [5.74, 6) is -0.583. The second kappa shape index (κ2) is 4.78. The fraction of sp³-hybridized carbons (Fsp3) is 0.333. The Labute approximate surface area is 80.6 Å². The highest BCUT2D eigenvalue weighted by Gasteiger charge is 2.05. The molecule has 0 radical (unpaired) electrons. The topological polar surface area (TPSA) is 72.7 Å². The van der Waals surface area contributed by atoms with Crippen molar-refractivity contribution in [3.05, 3.63) is 24.0 Å². The maximum Gasteiger partial charge on any atom is 0.138 e. The second-order valence-electron chi connectivity index (χ2n) is 2.88. The number of nitrogens with one attached hydrogen (secondary N) is 1. The Bertz CT molecular complexity index is 306. The molecule has 0 saturated carbocycles. The molecule has 0 amide bonds. The van der Waals surface area contributed by atoms with Gasteiger partial charge in [0.25, 0.3) is 0 Å². The molecule has 5 heteroatoms. The lowest BCUT2D eigenvalue weighted by Crippen LogP contribution is -2.22. The molecule has 0 fully saturated rings. The molecule has 0 bridgehead atoms.